The van der Waals surface area contributed by atoms with Gasteiger partial charge in [-0.15, -0.1) is 0 Å². The third kappa shape index (κ3) is 3.57. The van der Waals surface area contributed by atoms with Gasteiger partial charge in [-0.3, -0.25) is 4.79 Å². The molecule has 1 N–H and O–H groups in total. The van der Waals surface area contributed by atoms with Crippen LogP contribution in [0.25, 0.3) is 0 Å². The fourth-order valence-electron chi connectivity index (χ4n) is 2.51. The van der Waals surface area contributed by atoms with Gasteiger partial charge >= 0.3 is 0 Å². The molecule has 0 spiro atoms. The topological polar surface area (TPSA) is 30.7 Å². The van der Waals surface area contributed by atoms with Crippen molar-refractivity contribution in [2.75, 3.05) is 26.7 Å². The molecule has 1 aliphatic rings. The molecule has 1 aromatic rings. The van der Waals surface area contributed by atoms with Crippen LogP contribution in [0.2, 0.25) is 0 Å². The van der Waals surface area contributed by atoms with Crippen LogP contribution in [0.3, 0.4) is 0 Å². The average molecular weight is 248 g/mol. The second-order valence-electron chi connectivity index (χ2n) is 4.96. The summed E-state index contributed by atoms with van der Waals surface area (Å²) < 4.78 is 5.09. The zero-order valence-electron chi connectivity index (χ0n) is 11.1. The number of carbonyl (C=O) groups is 1. The Labute approximate surface area is 109 Å². The standard InChI is InChI=1S/C15H21NO2/c1-18-14-7-5-13(6-8-14)15(17)9-12-16-10-3-2-4-11-16/h5-8H,2-4,9-12H2,1H3/p+1. The van der Waals surface area contributed by atoms with E-state index in [0.717, 1.165) is 17.9 Å². The van der Waals surface area contributed by atoms with Crippen molar-refractivity contribution < 1.29 is 14.4 Å². The highest BCUT2D eigenvalue weighted by atomic mass is 16.5. The smallest absolute Gasteiger partial charge is 0.168 e. The zero-order chi connectivity index (χ0) is 12.8. The monoisotopic (exact) mass is 248 g/mol. The Morgan fingerprint density at radius 3 is 2.44 bits per heavy atom. The average Bonchev–Trinajstić information content (AvgIpc) is 2.46. The lowest BCUT2D eigenvalue weighted by Crippen LogP contribution is -3.12. The highest BCUT2D eigenvalue weighted by Crippen LogP contribution is 2.12. The molecule has 0 amide bonds. The van der Waals surface area contributed by atoms with E-state index in [0.29, 0.717) is 6.42 Å². The summed E-state index contributed by atoms with van der Waals surface area (Å²) >= 11 is 0. The van der Waals surface area contributed by atoms with Crippen molar-refractivity contribution in [3.8, 4) is 5.75 Å². The minimum absolute atomic E-state index is 0.246. The van der Waals surface area contributed by atoms with Crippen LogP contribution in [0.5, 0.6) is 5.75 Å². The third-order valence-electron chi connectivity index (χ3n) is 3.68. The van der Waals surface area contributed by atoms with Crippen molar-refractivity contribution in [1.29, 1.82) is 0 Å². The molecule has 98 valence electrons. The molecule has 18 heavy (non-hydrogen) atoms. The fourth-order valence-corrected chi connectivity index (χ4v) is 2.51. The number of methoxy groups -OCH3 is 1. The molecule has 1 aromatic carbocycles. The molecule has 0 bridgehead atoms. The minimum atomic E-state index is 0.246. The van der Waals surface area contributed by atoms with E-state index in [1.807, 2.05) is 24.3 Å². The summed E-state index contributed by atoms with van der Waals surface area (Å²) in [5.41, 5.74) is 0.798. The van der Waals surface area contributed by atoms with Crippen molar-refractivity contribution >= 4 is 5.78 Å². The van der Waals surface area contributed by atoms with Gasteiger partial charge < -0.3 is 9.64 Å². The molecule has 0 atom stereocenters. The van der Waals surface area contributed by atoms with E-state index in [4.69, 9.17) is 4.74 Å². The largest absolute Gasteiger partial charge is 0.497 e. The maximum Gasteiger partial charge on any atom is 0.168 e. The Balaban J connectivity index is 1.82. The first-order chi connectivity index (χ1) is 8.79. The lowest BCUT2D eigenvalue weighted by molar-refractivity contribution is -0.904. The van der Waals surface area contributed by atoms with E-state index in [2.05, 4.69) is 0 Å². The highest BCUT2D eigenvalue weighted by Gasteiger charge is 2.15. The molecule has 0 unspecified atom stereocenters. The number of likely N-dealkylation sites (tertiary alicyclic amines) is 1. The van der Waals surface area contributed by atoms with E-state index in [-0.39, 0.29) is 5.78 Å². The van der Waals surface area contributed by atoms with Gasteiger partial charge in [-0.05, 0) is 43.5 Å². The molecular formula is C15H22NO2+. The molecule has 0 aliphatic carbocycles. The van der Waals surface area contributed by atoms with Gasteiger partial charge in [0.05, 0.1) is 33.2 Å². The molecule has 3 heteroatoms. The summed E-state index contributed by atoms with van der Waals surface area (Å²) in [4.78, 5) is 13.6. The molecule has 0 radical (unpaired) electrons. The van der Waals surface area contributed by atoms with Crippen molar-refractivity contribution in [2.45, 2.75) is 25.7 Å². The number of ether oxygens (including phenoxy) is 1. The van der Waals surface area contributed by atoms with Gasteiger partial charge in [-0.25, -0.2) is 0 Å². The molecular weight excluding hydrogens is 226 g/mol. The van der Waals surface area contributed by atoms with Crippen molar-refractivity contribution in [2.24, 2.45) is 0 Å². The third-order valence-corrected chi connectivity index (χ3v) is 3.68. The number of rotatable bonds is 5. The summed E-state index contributed by atoms with van der Waals surface area (Å²) in [7, 11) is 1.64. The van der Waals surface area contributed by atoms with Gasteiger partial charge in [0.15, 0.2) is 5.78 Å². The van der Waals surface area contributed by atoms with Crippen LogP contribution in [0.15, 0.2) is 24.3 Å². The van der Waals surface area contributed by atoms with Crippen LogP contribution in [-0.2, 0) is 0 Å². The van der Waals surface area contributed by atoms with Gasteiger partial charge in [0.1, 0.15) is 5.75 Å². The predicted octanol–water partition coefficient (Wildman–Crippen LogP) is 1.34. The minimum Gasteiger partial charge on any atom is -0.497 e. The molecule has 1 aliphatic heterocycles. The fraction of sp³-hybridized carbons (Fsp3) is 0.533. The predicted molar refractivity (Wildman–Crippen MR) is 71.4 cm³/mol. The summed E-state index contributed by atoms with van der Waals surface area (Å²) in [5, 5.41) is 0. The van der Waals surface area contributed by atoms with Crippen LogP contribution >= 0.6 is 0 Å². The van der Waals surface area contributed by atoms with Gasteiger partial charge in [0.25, 0.3) is 0 Å². The van der Waals surface area contributed by atoms with Crippen LogP contribution in [0.4, 0.5) is 0 Å². The molecule has 0 aromatic heterocycles. The van der Waals surface area contributed by atoms with E-state index in [9.17, 15) is 4.79 Å². The number of benzene rings is 1. The first kappa shape index (κ1) is 13.1. The van der Waals surface area contributed by atoms with Gasteiger partial charge in [-0.2, -0.15) is 0 Å². The zero-order valence-corrected chi connectivity index (χ0v) is 11.1. The van der Waals surface area contributed by atoms with Crippen molar-refractivity contribution in [3.05, 3.63) is 29.8 Å². The molecule has 2 rings (SSSR count). The summed E-state index contributed by atoms with van der Waals surface area (Å²) in [6.07, 6.45) is 4.63. The molecule has 0 saturated carbocycles. The lowest BCUT2D eigenvalue weighted by Gasteiger charge is -2.23. The Bertz CT molecular complexity index is 380. The van der Waals surface area contributed by atoms with E-state index < -0.39 is 0 Å². The molecule has 3 nitrogen and oxygen atoms in total. The number of carbonyl (C=O) groups excluding carboxylic acids is 1. The van der Waals surface area contributed by atoms with Gasteiger partial charge in [0.2, 0.25) is 0 Å². The summed E-state index contributed by atoms with van der Waals surface area (Å²) in [6.45, 7) is 3.44. The second-order valence-corrected chi connectivity index (χ2v) is 4.96. The molecule has 1 heterocycles. The number of ketones is 1. The van der Waals surface area contributed by atoms with Gasteiger partial charge in [0, 0.05) is 5.56 Å². The highest BCUT2D eigenvalue weighted by molar-refractivity contribution is 5.96. The lowest BCUT2D eigenvalue weighted by atomic mass is 10.1. The molecule has 1 saturated heterocycles. The number of hydrogen-bond acceptors (Lipinski definition) is 2. The number of quaternary nitrogens is 1. The van der Waals surface area contributed by atoms with Crippen LogP contribution in [0, 0.1) is 0 Å². The molecule has 1 fully saturated rings. The first-order valence-electron chi connectivity index (χ1n) is 6.80. The first-order valence-corrected chi connectivity index (χ1v) is 6.80. The van der Waals surface area contributed by atoms with Crippen molar-refractivity contribution in [1.82, 2.24) is 0 Å². The number of Topliss-reactive ketones (excluding diaryl/α,β-unsaturated/α-hetero) is 1. The number of piperidine rings is 1. The number of hydrogen-bond donors (Lipinski definition) is 1. The Hall–Kier alpha value is -1.35. The van der Waals surface area contributed by atoms with Crippen LogP contribution in [-0.4, -0.2) is 32.5 Å². The van der Waals surface area contributed by atoms with Crippen LogP contribution in [0.1, 0.15) is 36.0 Å². The Morgan fingerprint density at radius 2 is 1.83 bits per heavy atom. The SMILES string of the molecule is COc1ccc(C(=O)CC[NH+]2CCCCC2)cc1. The maximum atomic E-state index is 12.0. The van der Waals surface area contributed by atoms with E-state index in [1.54, 1.807) is 12.0 Å². The normalized spacial score (nSPS) is 16.5. The maximum absolute atomic E-state index is 12.0. The van der Waals surface area contributed by atoms with E-state index in [1.165, 1.54) is 32.4 Å². The summed E-state index contributed by atoms with van der Waals surface area (Å²) in [5.74, 6) is 1.05. The quantitative estimate of drug-likeness (QED) is 0.797. The Morgan fingerprint density at radius 1 is 1.17 bits per heavy atom. The van der Waals surface area contributed by atoms with Crippen molar-refractivity contribution in [3.63, 3.8) is 0 Å². The van der Waals surface area contributed by atoms with Gasteiger partial charge in [-0.1, -0.05) is 0 Å². The van der Waals surface area contributed by atoms with E-state index >= 15 is 0 Å². The second kappa shape index (κ2) is 6.55. The Kier molecular flexibility index (Phi) is 4.76. The summed E-state index contributed by atoms with van der Waals surface area (Å²) in [6, 6.07) is 7.40. The van der Waals surface area contributed by atoms with Crippen LogP contribution < -0.4 is 9.64 Å². The number of nitrogens with one attached hydrogen (secondary N) is 1.